The molecule has 0 fully saturated rings. The first kappa shape index (κ1) is 13.6. The molecule has 0 bridgehead atoms. The Morgan fingerprint density at radius 3 is 2.62 bits per heavy atom. The van der Waals surface area contributed by atoms with Gasteiger partial charge in [-0.15, -0.1) is 0 Å². The van der Waals surface area contributed by atoms with Crippen molar-refractivity contribution >= 4 is 23.3 Å². The standard InChI is InChI=1S/C12H8F3N5S/c1-4-7-10(16)20(12(21)17-11(7)19-18-4)9-6(14)3-2-5(13)8(9)15/h2-3,16H,1H3,(H2,17,18,19,21). The molecule has 108 valence electrons. The molecule has 0 radical (unpaired) electrons. The van der Waals surface area contributed by atoms with E-state index in [2.05, 4.69) is 15.2 Å². The lowest BCUT2D eigenvalue weighted by Crippen LogP contribution is -2.23. The van der Waals surface area contributed by atoms with Gasteiger partial charge in [-0.05, 0) is 31.3 Å². The van der Waals surface area contributed by atoms with Crippen molar-refractivity contribution in [2.45, 2.75) is 6.92 Å². The molecule has 2 aromatic heterocycles. The minimum Gasteiger partial charge on any atom is -0.316 e. The Morgan fingerprint density at radius 1 is 1.24 bits per heavy atom. The van der Waals surface area contributed by atoms with Crippen molar-refractivity contribution in [1.82, 2.24) is 19.7 Å². The molecule has 3 aromatic rings. The zero-order valence-corrected chi connectivity index (χ0v) is 11.4. The first-order chi connectivity index (χ1) is 9.91. The number of nitrogens with zero attached hydrogens (tertiary/aromatic N) is 2. The summed E-state index contributed by atoms with van der Waals surface area (Å²) in [5.74, 6) is -3.65. The molecule has 5 nitrogen and oxygen atoms in total. The first-order valence-corrected chi connectivity index (χ1v) is 6.21. The summed E-state index contributed by atoms with van der Waals surface area (Å²) in [5.41, 5.74) is -0.213. The van der Waals surface area contributed by atoms with E-state index in [0.717, 1.165) is 10.6 Å². The van der Waals surface area contributed by atoms with E-state index in [-0.39, 0.29) is 10.3 Å². The Labute approximate surface area is 120 Å². The molecule has 9 heteroatoms. The van der Waals surface area contributed by atoms with E-state index in [1.54, 1.807) is 6.92 Å². The number of rotatable bonds is 1. The van der Waals surface area contributed by atoms with E-state index >= 15 is 0 Å². The highest BCUT2D eigenvalue weighted by atomic mass is 32.1. The lowest BCUT2D eigenvalue weighted by molar-refractivity contribution is 0.485. The molecule has 3 N–H and O–H groups in total. The Bertz CT molecular complexity index is 985. The topological polar surface area (TPSA) is 73.2 Å². The second kappa shape index (κ2) is 4.55. The molecular weight excluding hydrogens is 303 g/mol. The molecule has 21 heavy (non-hydrogen) atoms. The maximum Gasteiger partial charge on any atom is 0.185 e. The molecule has 0 saturated carbocycles. The van der Waals surface area contributed by atoms with Crippen LogP contribution in [-0.2, 0) is 0 Å². The zero-order chi connectivity index (χ0) is 15.3. The fraction of sp³-hybridized carbons (Fsp3) is 0.0833. The molecule has 2 heterocycles. The maximum absolute atomic E-state index is 13.9. The molecule has 0 amide bonds. The third kappa shape index (κ3) is 1.88. The van der Waals surface area contributed by atoms with Gasteiger partial charge in [0.05, 0.1) is 11.1 Å². The van der Waals surface area contributed by atoms with Crippen molar-refractivity contribution in [2.24, 2.45) is 0 Å². The van der Waals surface area contributed by atoms with Gasteiger partial charge in [-0.1, -0.05) is 0 Å². The smallest absolute Gasteiger partial charge is 0.185 e. The summed E-state index contributed by atoms with van der Waals surface area (Å²) in [6, 6.07) is 1.45. The molecule has 0 spiro atoms. The van der Waals surface area contributed by atoms with Gasteiger partial charge in [0, 0.05) is 0 Å². The van der Waals surface area contributed by atoms with Gasteiger partial charge < -0.3 is 4.98 Å². The second-order valence-electron chi connectivity index (χ2n) is 4.36. The molecule has 0 saturated heterocycles. The van der Waals surface area contributed by atoms with Crippen LogP contribution in [0, 0.1) is 34.6 Å². The Kier molecular flexibility index (Phi) is 2.94. The van der Waals surface area contributed by atoms with Gasteiger partial charge in [-0.25, -0.2) is 13.2 Å². The molecule has 3 rings (SSSR count). The number of fused-ring (bicyclic) bond motifs is 1. The van der Waals surface area contributed by atoms with Crippen molar-refractivity contribution in [1.29, 1.82) is 5.41 Å². The minimum atomic E-state index is -1.41. The van der Waals surface area contributed by atoms with Gasteiger partial charge in [-0.2, -0.15) is 5.10 Å². The van der Waals surface area contributed by atoms with E-state index in [0.29, 0.717) is 22.8 Å². The summed E-state index contributed by atoms with van der Waals surface area (Å²) in [6.07, 6.45) is 0. The number of halogens is 3. The van der Waals surface area contributed by atoms with Crippen LogP contribution in [0.3, 0.4) is 0 Å². The van der Waals surface area contributed by atoms with Crippen molar-refractivity contribution < 1.29 is 13.2 Å². The van der Waals surface area contributed by atoms with Gasteiger partial charge in [-0.3, -0.25) is 15.1 Å². The Hall–Kier alpha value is -2.42. The summed E-state index contributed by atoms with van der Waals surface area (Å²) in [5, 5.41) is 14.9. The lowest BCUT2D eigenvalue weighted by atomic mass is 10.2. The van der Waals surface area contributed by atoms with E-state index in [1.165, 1.54) is 0 Å². The van der Waals surface area contributed by atoms with Crippen LogP contribution in [0.2, 0.25) is 0 Å². The van der Waals surface area contributed by atoms with Crippen molar-refractivity contribution in [2.75, 3.05) is 0 Å². The quantitative estimate of drug-likeness (QED) is 0.477. The zero-order valence-electron chi connectivity index (χ0n) is 10.6. The van der Waals surface area contributed by atoms with E-state index in [1.807, 2.05) is 0 Å². The molecule has 0 atom stereocenters. The van der Waals surface area contributed by atoms with Gasteiger partial charge in [0.1, 0.15) is 16.8 Å². The van der Waals surface area contributed by atoms with Crippen molar-refractivity contribution in [3.8, 4) is 5.69 Å². The number of H-pyrrole nitrogens is 2. The predicted molar refractivity (Wildman–Crippen MR) is 71.1 cm³/mol. The number of aromatic nitrogens is 4. The average molecular weight is 311 g/mol. The first-order valence-electron chi connectivity index (χ1n) is 5.80. The summed E-state index contributed by atoms with van der Waals surface area (Å²) in [6.45, 7) is 1.62. The van der Waals surface area contributed by atoms with Crippen LogP contribution in [0.5, 0.6) is 0 Å². The fourth-order valence-electron chi connectivity index (χ4n) is 2.12. The van der Waals surface area contributed by atoms with Crippen LogP contribution in [-0.4, -0.2) is 19.7 Å². The summed E-state index contributed by atoms with van der Waals surface area (Å²) in [4.78, 5) is 2.68. The molecule has 0 unspecified atom stereocenters. The SMILES string of the molecule is Cc1n[nH]c2[nH]c(=S)n(-c3c(F)ccc(F)c3F)c(=N)c12. The van der Waals surface area contributed by atoms with Crippen LogP contribution in [0.25, 0.3) is 16.7 Å². The number of aryl methyl sites for hydroxylation is 1. The Balaban J connectivity index is 2.53. The normalized spacial score (nSPS) is 11.2. The Morgan fingerprint density at radius 2 is 1.90 bits per heavy atom. The molecule has 1 aromatic carbocycles. The number of hydrogen-bond acceptors (Lipinski definition) is 3. The van der Waals surface area contributed by atoms with Gasteiger partial charge in [0.2, 0.25) is 0 Å². The molecule has 0 aliphatic heterocycles. The highest BCUT2D eigenvalue weighted by Crippen LogP contribution is 2.20. The third-order valence-electron chi connectivity index (χ3n) is 3.09. The largest absolute Gasteiger partial charge is 0.316 e. The van der Waals surface area contributed by atoms with Gasteiger partial charge >= 0.3 is 0 Å². The number of nitrogens with one attached hydrogen (secondary N) is 3. The van der Waals surface area contributed by atoms with Crippen LogP contribution in [0.4, 0.5) is 13.2 Å². The lowest BCUT2D eigenvalue weighted by Gasteiger charge is -2.10. The van der Waals surface area contributed by atoms with E-state index < -0.39 is 23.1 Å². The maximum atomic E-state index is 13.9. The second-order valence-corrected chi connectivity index (χ2v) is 4.75. The number of hydrogen-bond donors (Lipinski definition) is 3. The van der Waals surface area contributed by atoms with Crippen LogP contribution < -0.4 is 5.49 Å². The minimum absolute atomic E-state index is 0.153. The molecule has 0 aliphatic carbocycles. The fourth-order valence-corrected chi connectivity index (χ4v) is 2.41. The van der Waals surface area contributed by atoms with Crippen LogP contribution >= 0.6 is 12.2 Å². The van der Waals surface area contributed by atoms with Crippen molar-refractivity contribution in [3.63, 3.8) is 0 Å². The summed E-state index contributed by atoms with van der Waals surface area (Å²) >= 11 is 5.00. The van der Waals surface area contributed by atoms with Crippen LogP contribution in [0.1, 0.15) is 5.69 Å². The van der Waals surface area contributed by atoms with E-state index in [4.69, 9.17) is 17.6 Å². The van der Waals surface area contributed by atoms with Gasteiger partial charge in [0.15, 0.2) is 22.2 Å². The summed E-state index contributed by atoms with van der Waals surface area (Å²) < 4.78 is 41.8. The number of benzene rings is 1. The monoisotopic (exact) mass is 311 g/mol. The summed E-state index contributed by atoms with van der Waals surface area (Å²) in [7, 11) is 0. The average Bonchev–Trinajstić information content (AvgIpc) is 2.79. The molecular formula is C12H8F3N5S. The predicted octanol–water partition coefficient (Wildman–Crippen LogP) is 2.62. The van der Waals surface area contributed by atoms with E-state index in [9.17, 15) is 13.2 Å². The van der Waals surface area contributed by atoms with Crippen molar-refractivity contribution in [3.05, 3.63) is 45.5 Å². The highest BCUT2D eigenvalue weighted by Gasteiger charge is 2.19. The number of aromatic amines is 2. The third-order valence-corrected chi connectivity index (χ3v) is 3.37. The van der Waals surface area contributed by atoms with Crippen LogP contribution in [0.15, 0.2) is 12.1 Å². The molecule has 0 aliphatic rings. The van der Waals surface area contributed by atoms with Gasteiger partial charge in [0.25, 0.3) is 0 Å². The highest BCUT2D eigenvalue weighted by molar-refractivity contribution is 7.71.